The van der Waals surface area contributed by atoms with Gasteiger partial charge in [0.1, 0.15) is 0 Å². The van der Waals surface area contributed by atoms with Gasteiger partial charge in [0, 0.05) is 36.8 Å². The summed E-state index contributed by atoms with van der Waals surface area (Å²) in [5.74, 6) is 0. The monoisotopic (exact) mass is 255 g/mol. The molecule has 1 saturated carbocycles. The molecule has 1 N–H and O–H groups in total. The first-order valence-corrected chi connectivity index (χ1v) is 6.96. The molecule has 1 atom stereocenters. The van der Waals surface area contributed by atoms with Crippen molar-refractivity contribution >= 4 is 16.5 Å². The average molecular weight is 255 g/mol. The van der Waals surface area contributed by atoms with Gasteiger partial charge in [-0.2, -0.15) is 0 Å². The molecule has 1 heterocycles. The summed E-state index contributed by atoms with van der Waals surface area (Å²) in [7, 11) is 3.73. The van der Waals surface area contributed by atoms with Crippen LogP contribution in [0.4, 0.5) is 5.13 Å². The highest BCUT2D eigenvalue weighted by Crippen LogP contribution is 2.35. The zero-order valence-corrected chi connectivity index (χ0v) is 11.6. The van der Waals surface area contributed by atoms with Gasteiger partial charge in [0.15, 0.2) is 5.13 Å². The molecule has 0 amide bonds. The zero-order valence-electron chi connectivity index (χ0n) is 10.8. The number of anilines is 1. The summed E-state index contributed by atoms with van der Waals surface area (Å²) < 4.78 is 5.17. The normalized spacial score (nSPS) is 17.1. The van der Waals surface area contributed by atoms with Crippen molar-refractivity contribution in [1.82, 2.24) is 10.3 Å². The quantitative estimate of drug-likeness (QED) is 0.809. The lowest BCUT2D eigenvalue weighted by atomic mass is 10.3. The highest BCUT2D eigenvalue weighted by molar-refractivity contribution is 7.15. The van der Waals surface area contributed by atoms with Gasteiger partial charge in [0.05, 0.1) is 6.61 Å². The number of rotatable bonds is 7. The molecule has 0 saturated heterocycles. The maximum atomic E-state index is 5.17. The van der Waals surface area contributed by atoms with Crippen LogP contribution in [0.2, 0.25) is 0 Å². The molecule has 1 fully saturated rings. The lowest BCUT2D eigenvalue weighted by Gasteiger charge is -2.20. The first kappa shape index (κ1) is 12.8. The largest absolute Gasteiger partial charge is 0.383 e. The number of ether oxygens (including phenoxy) is 1. The summed E-state index contributed by atoms with van der Waals surface area (Å²) >= 11 is 1.79. The lowest BCUT2D eigenvalue weighted by molar-refractivity contribution is 0.205. The minimum atomic E-state index is 0.379. The molecule has 0 aliphatic heterocycles. The topological polar surface area (TPSA) is 37.4 Å². The zero-order chi connectivity index (χ0) is 12.3. The Labute approximate surface area is 107 Å². The molecule has 1 aliphatic rings. The highest BCUT2D eigenvalue weighted by atomic mass is 32.1. The molecular formula is C12H21N3OS. The van der Waals surface area contributed by atoms with E-state index < -0.39 is 0 Å². The summed E-state index contributed by atoms with van der Waals surface area (Å²) in [4.78, 5) is 8.23. The van der Waals surface area contributed by atoms with Gasteiger partial charge in [-0.1, -0.05) is 0 Å². The Morgan fingerprint density at radius 3 is 3.00 bits per heavy atom. The van der Waals surface area contributed by atoms with E-state index in [9.17, 15) is 0 Å². The fourth-order valence-electron chi connectivity index (χ4n) is 1.76. The molecule has 2 rings (SSSR count). The van der Waals surface area contributed by atoms with Crippen LogP contribution in [0.5, 0.6) is 0 Å². The molecule has 0 bridgehead atoms. The number of nitrogens with one attached hydrogen (secondary N) is 1. The van der Waals surface area contributed by atoms with Crippen molar-refractivity contribution in [3.8, 4) is 0 Å². The van der Waals surface area contributed by atoms with Gasteiger partial charge >= 0.3 is 0 Å². The summed E-state index contributed by atoms with van der Waals surface area (Å²) in [6.45, 7) is 3.88. The van der Waals surface area contributed by atoms with Crippen molar-refractivity contribution in [2.24, 2.45) is 0 Å². The van der Waals surface area contributed by atoms with E-state index in [2.05, 4.69) is 22.1 Å². The molecule has 1 aliphatic carbocycles. The maximum Gasteiger partial charge on any atom is 0.185 e. The Morgan fingerprint density at radius 2 is 2.41 bits per heavy atom. The molecule has 0 radical (unpaired) electrons. The molecule has 0 spiro atoms. The third-order valence-corrected chi connectivity index (χ3v) is 4.36. The number of hydrogen-bond donors (Lipinski definition) is 1. The van der Waals surface area contributed by atoms with Gasteiger partial charge in [-0.3, -0.25) is 0 Å². The van der Waals surface area contributed by atoms with Crippen LogP contribution in [-0.4, -0.2) is 38.3 Å². The molecule has 96 valence electrons. The number of nitrogens with zero attached hydrogens (tertiary/aromatic N) is 2. The average Bonchev–Trinajstić information content (AvgIpc) is 3.06. The van der Waals surface area contributed by atoms with E-state index >= 15 is 0 Å². The fourth-order valence-corrected chi connectivity index (χ4v) is 2.84. The summed E-state index contributed by atoms with van der Waals surface area (Å²) in [5, 5.41) is 4.39. The van der Waals surface area contributed by atoms with Gasteiger partial charge in [-0.25, -0.2) is 4.98 Å². The Bertz CT molecular complexity index is 351. The van der Waals surface area contributed by atoms with Crippen LogP contribution < -0.4 is 10.2 Å². The Balaban J connectivity index is 2.04. The predicted molar refractivity (Wildman–Crippen MR) is 71.8 cm³/mol. The van der Waals surface area contributed by atoms with Crippen LogP contribution in [0.1, 0.15) is 30.7 Å². The minimum absolute atomic E-state index is 0.379. The van der Waals surface area contributed by atoms with Gasteiger partial charge in [0.25, 0.3) is 0 Å². The summed E-state index contributed by atoms with van der Waals surface area (Å²) in [6.07, 6.45) is 4.57. The number of methoxy groups -OCH3 is 1. The van der Waals surface area contributed by atoms with E-state index in [1.54, 1.807) is 18.4 Å². The smallest absolute Gasteiger partial charge is 0.185 e. The highest BCUT2D eigenvalue weighted by Gasteiger charge is 2.30. The fraction of sp³-hybridized carbons (Fsp3) is 0.750. The van der Waals surface area contributed by atoms with Gasteiger partial charge in [-0.05, 0) is 26.8 Å². The van der Waals surface area contributed by atoms with Crippen molar-refractivity contribution in [2.75, 3.05) is 32.2 Å². The van der Waals surface area contributed by atoms with E-state index in [0.29, 0.717) is 12.1 Å². The first-order valence-electron chi connectivity index (χ1n) is 6.14. The Kier molecular flexibility index (Phi) is 4.36. The SMILES string of the molecule is CNC(C)c1cnc(N(CCOC)C2CC2)s1. The third-order valence-electron chi connectivity index (χ3n) is 3.14. The molecule has 1 aromatic heterocycles. The van der Waals surface area contributed by atoms with Crippen LogP contribution in [0.15, 0.2) is 6.20 Å². The molecule has 1 aromatic rings. The van der Waals surface area contributed by atoms with Crippen molar-refractivity contribution in [2.45, 2.75) is 31.8 Å². The second kappa shape index (κ2) is 5.80. The molecule has 0 aromatic carbocycles. The second-order valence-corrected chi connectivity index (χ2v) is 5.51. The molecule has 1 unspecified atom stereocenters. The van der Waals surface area contributed by atoms with E-state index in [-0.39, 0.29) is 0 Å². The van der Waals surface area contributed by atoms with Crippen LogP contribution in [0.25, 0.3) is 0 Å². The van der Waals surface area contributed by atoms with E-state index in [1.165, 1.54) is 17.7 Å². The van der Waals surface area contributed by atoms with Gasteiger partial charge < -0.3 is 15.0 Å². The summed E-state index contributed by atoms with van der Waals surface area (Å²) in [6, 6.07) is 1.07. The first-order chi connectivity index (χ1) is 8.26. The molecular weight excluding hydrogens is 234 g/mol. The van der Waals surface area contributed by atoms with E-state index in [4.69, 9.17) is 4.74 Å². The van der Waals surface area contributed by atoms with Crippen molar-refractivity contribution < 1.29 is 4.74 Å². The molecule has 4 nitrogen and oxygen atoms in total. The number of aromatic nitrogens is 1. The standard InChI is InChI=1S/C12H21N3OS/c1-9(13-2)11-8-14-12(17-11)15(6-7-16-3)10-4-5-10/h8-10,13H,4-7H2,1-3H3. The van der Waals surface area contributed by atoms with E-state index in [1.807, 2.05) is 13.2 Å². The number of hydrogen-bond acceptors (Lipinski definition) is 5. The van der Waals surface area contributed by atoms with Crippen molar-refractivity contribution in [3.05, 3.63) is 11.1 Å². The van der Waals surface area contributed by atoms with Crippen LogP contribution in [0.3, 0.4) is 0 Å². The van der Waals surface area contributed by atoms with Crippen LogP contribution >= 0.6 is 11.3 Å². The lowest BCUT2D eigenvalue weighted by Crippen LogP contribution is -2.29. The van der Waals surface area contributed by atoms with Crippen LogP contribution in [-0.2, 0) is 4.74 Å². The maximum absolute atomic E-state index is 5.17. The number of thiazole rings is 1. The van der Waals surface area contributed by atoms with Crippen molar-refractivity contribution in [1.29, 1.82) is 0 Å². The third kappa shape index (κ3) is 3.18. The van der Waals surface area contributed by atoms with Crippen molar-refractivity contribution in [3.63, 3.8) is 0 Å². The second-order valence-electron chi connectivity index (χ2n) is 4.47. The Hall–Kier alpha value is -0.650. The molecule has 5 heteroatoms. The Morgan fingerprint density at radius 1 is 1.65 bits per heavy atom. The van der Waals surface area contributed by atoms with E-state index in [0.717, 1.165) is 18.3 Å². The minimum Gasteiger partial charge on any atom is -0.383 e. The molecule has 17 heavy (non-hydrogen) atoms. The summed E-state index contributed by atoms with van der Waals surface area (Å²) in [5.41, 5.74) is 0. The van der Waals surface area contributed by atoms with Gasteiger partial charge in [0.2, 0.25) is 0 Å². The van der Waals surface area contributed by atoms with Crippen LogP contribution in [0, 0.1) is 0 Å². The van der Waals surface area contributed by atoms with Gasteiger partial charge in [-0.15, -0.1) is 11.3 Å². The predicted octanol–water partition coefficient (Wildman–Crippen LogP) is 2.04.